The van der Waals surface area contributed by atoms with Gasteiger partial charge in [0.2, 0.25) is 0 Å². The number of carbonyl (C=O) groups excluding carboxylic acids is 3. The molecule has 0 spiro atoms. The van der Waals surface area contributed by atoms with Gasteiger partial charge in [-0.2, -0.15) is 0 Å². The largest absolute Gasteiger partial charge is 0.490 e. The molecule has 0 radical (unpaired) electrons. The molecular weight excluding hydrogens is 598 g/mol. The molecule has 1 heterocycles. The molecule has 0 unspecified atom stereocenters. The van der Waals surface area contributed by atoms with Crippen LogP contribution in [0.1, 0.15) is 50.4 Å². The van der Waals surface area contributed by atoms with Gasteiger partial charge in [-0.05, 0) is 75.6 Å². The quantitative estimate of drug-likeness (QED) is 0.239. The van der Waals surface area contributed by atoms with Crippen LogP contribution in [0.5, 0.6) is 5.75 Å². The number of para-hydroxylation sites is 2. The molecule has 4 atom stereocenters. The molecule has 0 saturated carbocycles. The average Bonchev–Trinajstić information content (AvgIpc) is 3.06. The van der Waals surface area contributed by atoms with Gasteiger partial charge in [0.25, 0.3) is 5.91 Å². The normalized spacial score (nSPS) is 19.7. The van der Waals surface area contributed by atoms with Crippen LogP contribution in [-0.2, 0) is 4.74 Å². The van der Waals surface area contributed by atoms with E-state index in [0.717, 1.165) is 19.3 Å². The number of carbonyl (C=O) groups is 3. The molecule has 4 N–H and O–H groups in total. The Balaban J connectivity index is 1.58. The van der Waals surface area contributed by atoms with Crippen molar-refractivity contribution in [1.82, 2.24) is 9.80 Å². The molecule has 0 aromatic heterocycles. The minimum Gasteiger partial charge on any atom is -0.490 e. The highest BCUT2D eigenvalue weighted by atomic mass is 16.5. The third kappa shape index (κ3) is 10.5. The van der Waals surface area contributed by atoms with E-state index in [4.69, 9.17) is 9.47 Å². The van der Waals surface area contributed by atoms with Gasteiger partial charge in [0.05, 0.1) is 30.4 Å². The maximum Gasteiger partial charge on any atom is 0.323 e. The first-order chi connectivity index (χ1) is 22.6. The SMILES string of the molecule is C[C@@H]1CN([C@@H](C)CO)C(=O)c2cc(NC(=O)Nc3ccccc3)ccc2O[C@@H](C)CCCCO[C@@H]1CN(C)C(=O)Nc1ccccc1. The number of amides is 5. The lowest BCUT2D eigenvalue weighted by atomic mass is 10.0. The van der Waals surface area contributed by atoms with Crippen molar-refractivity contribution in [3.63, 3.8) is 0 Å². The Kier molecular flexibility index (Phi) is 13.0. The van der Waals surface area contributed by atoms with Crippen LogP contribution in [0.25, 0.3) is 0 Å². The first kappa shape index (κ1) is 35.2. The van der Waals surface area contributed by atoms with Gasteiger partial charge in [-0.3, -0.25) is 4.79 Å². The van der Waals surface area contributed by atoms with Gasteiger partial charge in [0, 0.05) is 49.7 Å². The Bertz CT molecular complexity index is 1460. The maximum atomic E-state index is 14.3. The van der Waals surface area contributed by atoms with E-state index in [9.17, 15) is 19.5 Å². The molecule has 1 aliphatic heterocycles. The monoisotopic (exact) mass is 645 g/mol. The molecule has 1 aliphatic rings. The molecule has 11 nitrogen and oxygen atoms in total. The average molecular weight is 646 g/mol. The smallest absolute Gasteiger partial charge is 0.323 e. The number of hydrogen-bond donors (Lipinski definition) is 4. The van der Waals surface area contributed by atoms with Gasteiger partial charge >= 0.3 is 12.1 Å². The number of benzene rings is 3. The summed E-state index contributed by atoms with van der Waals surface area (Å²) in [5.41, 5.74) is 2.02. The van der Waals surface area contributed by atoms with Crippen molar-refractivity contribution in [2.75, 3.05) is 49.3 Å². The highest BCUT2D eigenvalue weighted by molar-refractivity contribution is 6.02. The number of nitrogens with zero attached hydrogens (tertiary/aromatic N) is 2. The standard InChI is InChI=1S/C36H47N5O6/c1-25-22-41(26(2)24-42)34(43)31-21-30(38-35(44)37-28-14-7-5-8-15-28)18-19-32(31)47-27(3)13-11-12-20-46-33(25)23-40(4)36(45)39-29-16-9-6-10-17-29/h5-10,14-19,21,25-27,33,42H,11-13,20,22-24H2,1-4H3,(H,39,45)(H2,37,38,44)/t25-,26+,27+,33-/m1/s1. The Morgan fingerprint density at radius 1 is 0.936 bits per heavy atom. The third-order valence-electron chi connectivity index (χ3n) is 8.17. The number of anilines is 3. The predicted molar refractivity (Wildman–Crippen MR) is 184 cm³/mol. The van der Waals surface area contributed by atoms with Crippen LogP contribution in [0.15, 0.2) is 78.9 Å². The van der Waals surface area contributed by atoms with E-state index in [0.29, 0.717) is 36.0 Å². The second kappa shape index (κ2) is 17.3. The lowest BCUT2D eigenvalue weighted by Crippen LogP contribution is -2.48. The van der Waals surface area contributed by atoms with Crippen LogP contribution in [0.4, 0.5) is 26.7 Å². The minimum atomic E-state index is -0.527. The van der Waals surface area contributed by atoms with E-state index in [1.165, 1.54) is 0 Å². The Hall–Kier alpha value is -4.61. The molecule has 3 aromatic rings. The number of fused-ring (bicyclic) bond motifs is 1. The number of ether oxygens (including phenoxy) is 2. The van der Waals surface area contributed by atoms with Gasteiger partial charge in [-0.25, -0.2) is 9.59 Å². The Morgan fingerprint density at radius 2 is 1.57 bits per heavy atom. The number of rotatable bonds is 7. The van der Waals surface area contributed by atoms with E-state index in [1.54, 1.807) is 54.1 Å². The Morgan fingerprint density at radius 3 is 2.23 bits per heavy atom. The summed E-state index contributed by atoms with van der Waals surface area (Å²) in [7, 11) is 1.72. The van der Waals surface area contributed by atoms with Crippen LogP contribution in [-0.4, -0.2) is 84.5 Å². The second-order valence-electron chi connectivity index (χ2n) is 12.1. The van der Waals surface area contributed by atoms with Crippen LogP contribution in [0.3, 0.4) is 0 Å². The minimum absolute atomic E-state index is 0.184. The van der Waals surface area contributed by atoms with Crippen molar-refractivity contribution in [3.05, 3.63) is 84.4 Å². The first-order valence-electron chi connectivity index (χ1n) is 16.2. The van der Waals surface area contributed by atoms with Gasteiger partial charge in [0.1, 0.15) is 5.75 Å². The molecular formula is C36H47N5O6. The number of likely N-dealkylation sites (N-methyl/N-ethyl adjacent to an activating group) is 1. The number of aliphatic hydroxyl groups excluding tert-OH is 1. The Labute approximate surface area is 277 Å². The fraction of sp³-hybridized carbons (Fsp3) is 0.417. The lowest BCUT2D eigenvalue weighted by Gasteiger charge is -2.35. The fourth-order valence-electron chi connectivity index (χ4n) is 5.37. The predicted octanol–water partition coefficient (Wildman–Crippen LogP) is 6.29. The summed E-state index contributed by atoms with van der Waals surface area (Å²) in [6, 6.07) is 22.1. The molecule has 252 valence electrons. The third-order valence-corrected chi connectivity index (χ3v) is 8.17. The molecule has 0 saturated heterocycles. The van der Waals surface area contributed by atoms with Crippen molar-refractivity contribution in [1.29, 1.82) is 0 Å². The number of nitrogens with one attached hydrogen (secondary N) is 3. The first-order valence-corrected chi connectivity index (χ1v) is 16.2. The lowest BCUT2D eigenvalue weighted by molar-refractivity contribution is -0.0115. The summed E-state index contributed by atoms with van der Waals surface area (Å²) in [6.07, 6.45) is 1.83. The van der Waals surface area contributed by atoms with E-state index in [-0.39, 0.29) is 48.8 Å². The number of hydrogen-bond acceptors (Lipinski definition) is 6. The summed E-state index contributed by atoms with van der Waals surface area (Å²) < 4.78 is 12.6. The highest BCUT2D eigenvalue weighted by Gasteiger charge is 2.31. The second-order valence-corrected chi connectivity index (χ2v) is 12.1. The van der Waals surface area contributed by atoms with Gasteiger partial charge in [0.15, 0.2) is 0 Å². The van der Waals surface area contributed by atoms with E-state index in [1.807, 2.05) is 62.4 Å². The molecule has 11 heteroatoms. The van der Waals surface area contributed by atoms with Crippen molar-refractivity contribution in [2.45, 2.75) is 58.3 Å². The van der Waals surface area contributed by atoms with Crippen LogP contribution in [0.2, 0.25) is 0 Å². The molecule has 4 rings (SSSR count). The van der Waals surface area contributed by atoms with Crippen molar-refractivity contribution in [3.8, 4) is 5.75 Å². The topological polar surface area (TPSA) is 132 Å². The van der Waals surface area contributed by atoms with Crippen molar-refractivity contribution < 1.29 is 29.0 Å². The van der Waals surface area contributed by atoms with Crippen molar-refractivity contribution >= 4 is 35.0 Å². The summed E-state index contributed by atoms with van der Waals surface area (Å²) in [4.78, 5) is 43.3. The van der Waals surface area contributed by atoms with Gasteiger partial charge in [-0.1, -0.05) is 43.3 Å². The van der Waals surface area contributed by atoms with Gasteiger partial charge in [-0.15, -0.1) is 0 Å². The van der Waals surface area contributed by atoms with Crippen LogP contribution >= 0.6 is 0 Å². The molecule has 5 amide bonds. The van der Waals surface area contributed by atoms with Gasteiger partial charge < -0.3 is 40.3 Å². The summed E-state index contributed by atoms with van der Waals surface area (Å²) in [5, 5.41) is 18.7. The molecule has 0 bridgehead atoms. The van der Waals surface area contributed by atoms with E-state index < -0.39 is 12.1 Å². The van der Waals surface area contributed by atoms with E-state index in [2.05, 4.69) is 16.0 Å². The summed E-state index contributed by atoms with van der Waals surface area (Å²) in [6.45, 7) is 6.51. The van der Waals surface area contributed by atoms with E-state index >= 15 is 0 Å². The van der Waals surface area contributed by atoms with Crippen molar-refractivity contribution in [2.24, 2.45) is 5.92 Å². The summed E-state index contributed by atoms with van der Waals surface area (Å²) >= 11 is 0. The van der Waals surface area contributed by atoms with Crippen LogP contribution in [0, 0.1) is 5.92 Å². The zero-order valence-corrected chi connectivity index (χ0v) is 27.6. The van der Waals surface area contributed by atoms with Crippen LogP contribution < -0.4 is 20.7 Å². The zero-order chi connectivity index (χ0) is 33.8. The molecule has 0 fully saturated rings. The molecule has 0 aliphatic carbocycles. The molecule has 3 aromatic carbocycles. The zero-order valence-electron chi connectivity index (χ0n) is 27.6. The number of urea groups is 2. The maximum absolute atomic E-state index is 14.3. The summed E-state index contributed by atoms with van der Waals surface area (Å²) in [5.74, 6) is -0.149. The highest BCUT2D eigenvalue weighted by Crippen LogP contribution is 2.29. The molecule has 47 heavy (non-hydrogen) atoms. The number of aliphatic hydroxyl groups is 1. The fourth-order valence-corrected chi connectivity index (χ4v) is 5.37.